The number of benzene rings is 1. The number of nitrogens with zero attached hydrogens (tertiary/aromatic N) is 2. The molecule has 2 aliphatic heterocycles. The van der Waals surface area contributed by atoms with Crippen LogP contribution in [0.5, 0.6) is 0 Å². The molecule has 3 rings (SSSR count). The van der Waals surface area contributed by atoms with Crippen LogP contribution in [-0.2, 0) is 9.59 Å². The first kappa shape index (κ1) is 16.0. The first-order valence-corrected chi connectivity index (χ1v) is 8.39. The smallest absolute Gasteiger partial charge is 0.242 e. The van der Waals surface area contributed by atoms with E-state index in [1.165, 1.54) is 11.1 Å². The summed E-state index contributed by atoms with van der Waals surface area (Å²) >= 11 is 0. The van der Waals surface area contributed by atoms with E-state index < -0.39 is 0 Å². The lowest BCUT2D eigenvalue weighted by molar-refractivity contribution is -0.141. The molecule has 0 spiro atoms. The summed E-state index contributed by atoms with van der Waals surface area (Å²) in [4.78, 5) is 28.1. The zero-order valence-corrected chi connectivity index (χ0v) is 13.9. The van der Waals surface area contributed by atoms with Gasteiger partial charge in [-0.05, 0) is 31.4 Å². The average Bonchev–Trinajstić information content (AvgIpc) is 2.92. The quantitative estimate of drug-likeness (QED) is 0.910. The second kappa shape index (κ2) is 6.71. The standard InChI is InChI=1S/C18H25N3O2/c1-13-5-3-4-6-16(13)15-9-14(2)21(11-15)18(23)12-20-8-7-19-10-17(20)22/h3-6,14-15,19H,7-12H2,1-2H3/t14-,15-/m0/s1. The molecule has 0 unspecified atom stereocenters. The summed E-state index contributed by atoms with van der Waals surface area (Å²) in [5, 5.41) is 3.03. The molecule has 2 amide bonds. The largest absolute Gasteiger partial charge is 0.338 e. The van der Waals surface area contributed by atoms with Crippen molar-refractivity contribution in [2.45, 2.75) is 32.2 Å². The molecule has 0 aliphatic carbocycles. The summed E-state index contributed by atoms with van der Waals surface area (Å²) in [6.45, 7) is 6.93. The molecule has 2 atom stereocenters. The van der Waals surface area contributed by atoms with Crippen molar-refractivity contribution in [1.29, 1.82) is 0 Å². The highest BCUT2D eigenvalue weighted by Crippen LogP contribution is 2.33. The van der Waals surface area contributed by atoms with Gasteiger partial charge in [0.15, 0.2) is 0 Å². The van der Waals surface area contributed by atoms with Crippen LogP contribution in [0.15, 0.2) is 24.3 Å². The molecule has 2 heterocycles. The number of rotatable bonds is 3. The highest BCUT2D eigenvalue weighted by molar-refractivity contribution is 5.86. The molecule has 2 fully saturated rings. The number of amides is 2. The van der Waals surface area contributed by atoms with Gasteiger partial charge in [0.2, 0.25) is 11.8 Å². The van der Waals surface area contributed by atoms with Gasteiger partial charge in [-0.25, -0.2) is 0 Å². The van der Waals surface area contributed by atoms with Crippen LogP contribution >= 0.6 is 0 Å². The Balaban J connectivity index is 1.65. The predicted octanol–water partition coefficient (Wildman–Crippen LogP) is 1.13. The van der Waals surface area contributed by atoms with Gasteiger partial charge < -0.3 is 15.1 Å². The molecule has 0 radical (unpaired) electrons. The number of hydrogen-bond acceptors (Lipinski definition) is 3. The fourth-order valence-electron chi connectivity index (χ4n) is 3.72. The van der Waals surface area contributed by atoms with E-state index in [1.807, 2.05) is 4.90 Å². The molecule has 2 aliphatic rings. The van der Waals surface area contributed by atoms with Gasteiger partial charge in [0.25, 0.3) is 0 Å². The van der Waals surface area contributed by atoms with Crippen LogP contribution in [0.25, 0.3) is 0 Å². The van der Waals surface area contributed by atoms with Gasteiger partial charge in [-0.3, -0.25) is 9.59 Å². The van der Waals surface area contributed by atoms with E-state index in [2.05, 4.69) is 43.4 Å². The highest BCUT2D eigenvalue weighted by Gasteiger charge is 2.34. The molecule has 124 valence electrons. The molecule has 5 heteroatoms. The van der Waals surface area contributed by atoms with E-state index in [4.69, 9.17) is 0 Å². The van der Waals surface area contributed by atoms with E-state index in [0.29, 0.717) is 19.0 Å². The molecule has 0 saturated carbocycles. The van der Waals surface area contributed by atoms with E-state index in [9.17, 15) is 9.59 Å². The summed E-state index contributed by atoms with van der Waals surface area (Å²) in [7, 11) is 0. The van der Waals surface area contributed by atoms with Crippen molar-refractivity contribution in [1.82, 2.24) is 15.1 Å². The molecule has 1 aromatic carbocycles. The van der Waals surface area contributed by atoms with E-state index in [0.717, 1.165) is 19.5 Å². The fraction of sp³-hybridized carbons (Fsp3) is 0.556. The summed E-state index contributed by atoms with van der Waals surface area (Å²) in [5.74, 6) is 0.490. The maximum absolute atomic E-state index is 12.6. The molecule has 0 bridgehead atoms. The lowest BCUT2D eigenvalue weighted by Gasteiger charge is -2.30. The van der Waals surface area contributed by atoms with Crippen LogP contribution in [0.3, 0.4) is 0 Å². The predicted molar refractivity (Wildman–Crippen MR) is 89.2 cm³/mol. The Morgan fingerprint density at radius 1 is 1.35 bits per heavy atom. The maximum Gasteiger partial charge on any atom is 0.242 e. The van der Waals surface area contributed by atoms with Crippen LogP contribution in [0.1, 0.15) is 30.4 Å². The second-order valence-electron chi connectivity index (χ2n) is 6.68. The van der Waals surface area contributed by atoms with Crippen molar-refractivity contribution in [2.24, 2.45) is 0 Å². The van der Waals surface area contributed by atoms with E-state index in [1.54, 1.807) is 4.90 Å². The normalized spacial score (nSPS) is 25.0. The first-order valence-electron chi connectivity index (χ1n) is 8.39. The van der Waals surface area contributed by atoms with E-state index >= 15 is 0 Å². The van der Waals surface area contributed by atoms with Crippen molar-refractivity contribution in [3.8, 4) is 0 Å². The van der Waals surface area contributed by atoms with Gasteiger partial charge in [0.1, 0.15) is 0 Å². The molecule has 1 N–H and O–H groups in total. The minimum atomic E-state index is 0.0203. The fourth-order valence-corrected chi connectivity index (χ4v) is 3.72. The Morgan fingerprint density at radius 2 is 2.13 bits per heavy atom. The molecule has 0 aromatic heterocycles. The van der Waals surface area contributed by atoms with Gasteiger partial charge in [-0.15, -0.1) is 0 Å². The number of likely N-dealkylation sites (tertiary alicyclic amines) is 1. The van der Waals surface area contributed by atoms with Crippen LogP contribution < -0.4 is 5.32 Å². The topological polar surface area (TPSA) is 52.7 Å². The van der Waals surface area contributed by atoms with Gasteiger partial charge >= 0.3 is 0 Å². The van der Waals surface area contributed by atoms with E-state index in [-0.39, 0.29) is 24.4 Å². The second-order valence-corrected chi connectivity index (χ2v) is 6.68. The SMILES string of the molecule is Cc1ccccc1[C@H]1C[C@H](C)N(C(=O)CN2CCNCC2=O)C1. The minimum absolute atomic E-state index is 0.0203. The number of carbonyl (C=O) groups excluding carboxylic acids is 2. The third kappa shape index (κ3) is 3.39. The number of hydrogen-bond donors (Lipinski definition) is 1. The molecule has 5 nitrogen and oxygen atoms in total. The zero-order valence-electron chi connectivity index (χ0n) is 13.9. The van der Waals surface area contributed by atoms with Gasteiger partial charge in [-0.1, -0.05) is 24.3 Å². The highest BCUT2D eigenvalue weighted by atomic mass is 16.2. The van der Waals surface area contributed by atoms with Crippen molar-refractivity contribution in [3.63, 3.8) is 0 Å². The van der Waals surface area contributed by atoms with Gasteiger partial charge in [-0.2, -0.15) is 0 Å². The summed E-state index contributed by atoms with van der Waals surface area (Å²) in [5.41, 5.74) is 2.63. The Hall–Kier alpha value is -1.88. The number of nitrogens with one attached hydrogen (secondary N) is 1. The molecular formula is C18H25N3O2. The zero-order chi connectivity index (χ0) is 16.4. The molecular weight excluding hydrogens is 290 g/mol. The molecule has 23 heavy (non-hydrogen) atoms. The number of piperazine rings is 1. The Kier molecular flexibility index (Phi) is 4.66. The molecule has 2 saturated heterocycles. The number of carbonyl (C=O) groups is 2. The van der Waals surface area contributed by atoms with Crippen LogP contribution in [0.2, 0.25) is 0 Å². The minimum Gasteiger partial charge on any atom is -0.338 e. The number of aryl methyl sites for hydroxylation is 1. The summed E-state index contributed by atoms with van der Waals surface area (Å²) in [6, 6.07) is 8.64. The van der Waals surface area contributed by atoms with Crippen molar-refractivity contribution in [3.05, 3.63) is 35.4 Å². The average molecular weight is 315 g/mol. The van der Waals surface area contributed by atoms with Crippen LogP contribution in [0, 0.1) is 6.92 Å². The van der Waals surface area contributed by atoms with Crippen LogP contribution in [0.4, 0.5) is 0 Å². The summed E-state index contributed by atoms with van der Waals surface area (Å²) < 4.78 is 0. The Bertz CT molecular complexity index is 602. The Labute approximate surface area is 137 Å². The van der Waals surface area contributed by atoms with Crippen molar-refractivity contribution >= 4 is 11.8 Å². The third-order valence-corrected chi connectivity index (χ3v) is 5.04. The van der Waals surface area contributed by atoms with Gasteiger partial charge in [0.05, 0.1) is 13.1 Å². The maximum atomic E-state index is 12.6. The van der Waals surface area contributed by atoms with Crippen molar-refractivity contribution in [2.75, 3.05) is 32.7 Å². The first-order chi connectivity index (χ1) is 11.1. The third-order valence-electron chi connectivity index (χ3n) is 5.04. The van der Waals surface area contributed by atoms with Crippen LogP contribution in [-0.4, -0.2) is 60.4 Å². The van der Waals surface area contributed by atoms with Crippen molar-refractivity contribution < 1.29 is 9.59 Å². The lowest BCUT2D eigenvalue weighted by Crippen LogP contribution is -2.52. The Morgan fingerprint density at radius 3 is 2.87 bits per heavy atom. The van der Waals surface area contributed by atoms with Gasteiger partial charge in [0, 0.05) is 31.6 Å². The monoisotopic (exact) mass is 315 g/mol. The lowest BCUT2D eigenvalue weighted by atomic mass is 9.93. The molecule has 1 aromatic rings. The summed E-state index contributed by atoms with van der Waals surface area (Å²) in [6.07, 6.45) is 0.992.